The molecule has 3 amide bonds. The second-order valence-corrected chi connectivity index (χ2v) is 9.44. The van der Waals surface area contributed by atoms with Gasteiger partial charge in [0.25, 0.3) is 5.91 Å². The molecule has 3 fully saturated rings. The van der Waals surface area contributed by atoms with Crippen molar-refractivity contribution in [3.8, 4) is 0 Å². The number of allylic oxidation sites excluding steroid dienone is 1. The van der Waals surface area contributed by atoms with Crippen LogP contribution in [0.5, 0.6) is 0 Å². The van der Waals surface area contributed by atoms with Gasteiger partial charge in [0.05, 0.1) is 6.54 Å². The van der Waals surface area contributed by atoms with Crippen LogP contribution in [0.2, 0.25) is 0 Å². The molecule has 2 heterocycles. The molecule has 0 aromatic heterocycles. The average Bonchev–Trinajstić information content (AvgIpc) is 3.60. The Morgan fingerprint density at radius 2 is 1.76 bits per heavy atom. The first-order valence-corrected chi connectivity index (χ1v) is 10.5. The average molecular weight is 393 g/mol. The summed E-state index contributed by atoms with van der Waals surface area (Å²) in [6.45, 7) is 3.98. The summed E-state index contributed by atoms with van der Waals surface area (Å²) >= 11 is 0. The van der Waals surface area contributed by atoms with Crippen LogP contribution in [0.4, 0.5) is 10.5 Å². The van der Waals surface area contributed by atoms with Crippen molar-refractivity contribution in [2.45, 2.75) is 50.5 Å². The van der Waals surface area contributed by atoms with E-state index in [1.165, 1.54) is 0 Å². The van der Waals surface area contributed by atoms with Crippen LogP contribution in [0.1, 0.15) is 45.1 Å². The standard InChI is InChI=1S/C23H27N3O3/c1-22(2)17-6-4-5-7-18(17)25(3)19(22)12-16(27)13-26-20(28)23(14-8-9-14,15-10-11-15)24-21(26)29/h4-7,12,14-15H,8-11,13H2,1-3H3,(H,24,29)/b19-12+. The molecule has 5 rings (SSSR count). The number of hydrogen-bond acceptors (Lipinski definition) is 4. The number of fused-ring (bicyclic) bond motifs is 1. The minimum Gasteiger partial charge on any atom is -0.347 e. The Balaban J connectivity index is 1.39. The van der Waals surface area contributed by atoms with Gasteiger partial charge in [-0.2, -0.15) is 0 Å². The topological polar surface area (TPSA) is 69.7 Å². The first kappa shape index (κ1) is 18.4. The van der Waals surface area contributed by atoms with Gasteiger partial charge < -0.3 is 10.2 Å². The van der Waals surface area contributed by atoms with Crippen LogP contribution in [-0.2, 0) is 15.0 Å². The van der Waals surface area contributed by atoms with E-state index in [-0.39, 0.29) is 35.5 Å². The first-order chi connectivity index (χ1) is 13.8. The summed E-state index contributed by atoms with van der Waals surface area (Å²) in [6.07, 6.45) is 5.52. The van der Waals surface area contributed by atoms with Crippen LogP contribution in [0, 0.1) is 11.8 Å². The Hall–Kier alpha value is -2.63. The summed E-state index contributed by atoms with van der Waals surface area (Å²) in [5.74, 6) is 0.0545. The molecule has 1 N–H and O–H groups in total. The lowest BCUT2D eigenvalue weighted by Crippen LogP contribution is -2.51. The van der Waals surface area contributed by atoms with Gasteiger partial charge in [-0.25, -0.2) is 4.79 Å². The lowest BCUT2D eigenvalue weighted by atomic mass is 9.83. The van der Waals surface area contributed by atoms with Gasteiger partial charge in [0.15, 0.2) is 5.78 Å². The highest BCUT2D eigenvalue weighted by molar-refractivity contribution is 6.11. The molecular weight excluding hydrogens is 366 g/mol. The number of para-hydroxylation sites is 1. The number of anilines is 1. The summed E-state index contributed by atoms with van der Waals surface area (Å²) in [5, 5.41) is 2.98. The van der Waals surface area contributed by atoms with Gasteiger partial charge in [0, 0.05) is 29.9 Å². The van der Waals surface area contributed by atoms with Crippen molar-refractivity contribution in [3.05, 3.63) is 41.6 Å². The quantitative estimate of drug-likeness (QED) is 0.617. The number of rotatable bonds is 5. The molecular formula is C23H27N3O3. The third-order valence-electron chi connectivity index (χ3n) is 7.15. The number of urea groups is 1. The largest absolute Gasteiger partial charge is 0.347 e. The highest BCUT2D eigenvalue weighted by atomic mass is 16.2. The lowest BCUT2D eigenvalue weighted by Gasteiger charge is -2.26. The van der Waals surface area contributed by atoms with Crippen LogP contribution in [0.3, 0.4) is 0 Å². The third-order valence-corrected chi connectivity index (χ3v) is 7.15. The highest BCUT2D eigenvalue weighted by Crippen LogP contribution is 2.54. The summed E-state index contributed by atoms with van der Waals surface area (Å²) in [4.78, 5) is 41.9. The van der Waals surface area contributed by atoms with Crippen molar-refractivity contribution in [2.75, 3.05) is 18.5 Å². The molecule has 0 unspecified atom stereocenters. The molecule has 6 heteroatoms. The number of amides is 3. The molecule has 152 valence electrons. The molecule has 0 atom stereocenters. The molecule has 29 heavy (non-hydrogen) atoms. The van der Waals surface area contributed by atoms with Crippen molar-refractivity contribution in [1.82, 2.24) is 10.2 Å². The predicted molar refractivity (Wildman–Crippen MR) is 109 cm³/mol. The molecule has 0 bridgehead atoms. The summed E-state index contributed by atoms with van der Waals surface area (Å²) in [5.41, 5.74) is 2.06. The zero-order chi connectivity index (χ0) is 20.6. The number of likely N-dealkylation sites (N-methyl/N-ethyl adjacent to an activating group) is 1. The molecule has 2 aliphatic carbocycles. The monoisotopic (exact) mass is 393 g/mol. The number of benzene rings is 1. The number of imide groups is 1. The van der Waals surface area contributed by atoms with E-state index in [2.05, 4.69) is 25.2 Å². The SMILES string of the molecule is CN1/C(=C/C(=O)CN2C(=O)NC(C3CC3)(C3CC3)C2=O)C(C)(C)c2ccccc21. The van der Waals surface area contributed by atoms with E-state index in [0.29, 0.717) is 0 Å². The Bertz CT molecular complexity index is 944. The number of carbonyl (C=O) groups is 3. The van der Waals surface area contributed by atoms with Crippen molar-refractivity contribution in [1.29, 1.82) is 0 Å². The Labute approximate surface area is 170 Å². The Kier molecular flexibility index (Phi) is 3.77. The van der Waals surface area contributed by atoms with Crippen LogP contribution in [0.15, 0.2) is 36.0 Å². The van der Waals surface area contributed by atoms with E-state index in [9.17, 15) is 14.4 Å². The van der Waals surface area contributed by atoms with Crippen LogP contribution in [0.25, 0.3) is 0 Å². The zero-order valence-corrected chi connectivity index (χ0v) is 17.2. The molecule has 0 radical (unpaired) electrons. The molecule has 6 nitrogen and oxygen atoms in total. The number of hydrogen-bond donors (Lipinski definition) is 1. The summed E-state index contributed by atoms with van der Waals surface area (Å²) in [7, 11) is 1.95. The molecule has 2 saturated carbocycles. The maximum absolute atomic E-state index is 13.2. The van der Waals surface area contributed by atoms with Gasteiger partial charge >= 0.3 is 6.03 Å². The van der Waals surface area contributed by atoms with E-state index >= 15 is 0 Å². The molecule has 0 spiro atoms. The third kappa shape index (κ3) is 2.57. The maximum atomic E-state index is 13.2. The molecule has 4 aliphatic rings. The van der Waals surface area contributed by atoms with E-state index in [0.717, 1.165) is 47.5 Å². The minimum absolute atomic E-state index is 0.193. The molecule has 1 saturated heterocycles. The van der Waals surface area contributed by atoms with Gasteiger partial charge in [-0.1, -0.05) is 32.0 Å². The van der Waals surface area contributed by atoms with Crippen LogP contribution in [-0.4, -0.2) is 41.8 Å². The number of ketones is 1. The number of carbonyl (C=O) groups excluding carboxylic acids is 3. The van der Waals surface area contributed by atoms with Gasteiger partial charge in [-0.05, 0) is 49.1 Å². The second-order valence-electron chi connectivity index (χ2n) is 9.44. The van der Waals surface area contributed by atoms with Gasteiger partial charge in [-0.3, -0.25) is 14.5 Å². The van der Waals surface area contributed by atoms with E-state index in [1.54, 1.807) is 6.08 Å². The van der Waals surface area contributed by atoms with Gasteiger partial charge in [0.2, 0.25) is 0 Å². The van der Waals surface area contributed by atoms with Crippen molar-refractivity contribution in [2.24, 2.45) is 11.8 Å². The van der Waals surface area contributed by atoms with Crippen molar-refractivity contribution < 1.29 is 14.4 Å². The van der Waals surface area contributed by atoms with Crippen LogP contribution >= 0.6 is 0 Å². The lowest BCUT2D eigenvalue weighted by molar-refractivity contribution is -0.135. The van der Waals surface area contributed by atoms with E-state index in [4.69, 9.17) is 0 Å². The van der Waals surface area contributed by atoms with Gasteiger partial charge in [0.1, 0.15) is 5.54 Å². The van der Waals surface area contributed by atoms with Crippen LogP contribution < -0.4 is 10.2 Å². The number of nitrogens with zero attached hydrogens (tertiary/aromatic N) is 2. The molecule has 1 aromatic carbocycles. The fourth-order valence-electron chi connectivity index (χ4n) is 5.33. The van der Waals surface area contributed by atoms with Crippen molar-refractivity contribution in [3.63, 3.8) is 0 Å². The van der Waals surface area contributed by atoms with E-state index < -0.39 is 11.6 Å². The highest BCUT2D eigenvalue weighted by Gasteiger charge is 2.65. The predicted octanol–water partition coefficient (Wildman–Crippen LogP) is 2.98. The minimum atomic E-state index is -0.746. The molecule has 1 aromatic rings. The Morgan fingerprint density at radius 1 is 1.14 bits per heavy atom. The van der Waals surface area contributed by atoms with Crippen molar-refractivity contribution >= 4 is 23.4 Å². The maximum Gasteiger partial charge on any atom is 0.325 e. The summed E-state index contributed by atoms with van der Waals surface area (Å²) < 4.78 is 0. The molecule has 2 aliphatic heterocycles. The Morgan fingerprint density at radius 3 is 2.34 bits per heavy atom. The summed E-state index contributed by atoms with van der Waals surface area (Å²) in [6, 6.07) is 7.69. The fourth-order valence-corrected chi connectivity index (χ4v) is 5.33. The first-order valence-electron chi connectivity index (χ1n) is 10.5. The number of nitrogens with one attached hydrogen (secondary N) is 1. The van der Waals surface area contributed by atoms with Gasteiger partial charge in [-0.15, -0.1) is 0 Å². The fraction of sp³-hybridized carbons (Fsp3) is 0.522. The smallest absolute Gasteiger partial charge is 0.325 e. The zero-order valence-electron chi connectivity index (χ0n) is 17.2. The van der Waals surface area contributed by atoms with E-state index in [1.807, 2.05) is 30.1 Å². The second kappa shape index (κ2) is 5.94. The normalized spacial score (nSPS) is 26.1.